The highest BCUT2D eigenvalue weighted by Gasteiger charge is 2.45. The van der Waals surface area contributed by atoms with Crippen molar-refractivity contribution in [3.63, 3.8) is 0 Å². The Labute approximate surface area is 167 Å². The molecule has 3 aromatic rings. The molecule has 5 rings (SSSR count). The van der Waals surface area contributed by atoms with Crippen molar-refractivity contribution in [2.75, 3.05) is 5.32 Å². The number of aromatic carboxylic acids is 1. The van der Waals surface area contributed by atoms with Gasteiger partial charge in [-0.15, -0.1) is 0 Å². The summed E-state index contributed by atoms with van der Waals surface area (Å²) < 4.78 is 0. The summed E-state index contributed by atoms with van der Waals surface area (Å²) in [7, 11) is 0. The number of nitro groups is 1. The molecule has 144 valence electrons. The Balaban J connectivity index is 1.75. The number of nitrogens with one attached hydrogen (secondary N) is 1. The lowest BCUT2D eigenvalue weighted by Crippen LogP contribution is -2.32. The number of benzene rings is 3. The third-order valence-electron chi connectivity index (χ3n) is 6.13. The third-order valence-corrected chi connectivity index (χ3v) is 6.13. The highest BCUT2D eigenvalue weighted by Crippen LogP contribution is 2.55. The van der Waals surface area contributed by atoms with Gasteiger partial charge in [-0.05, 0) is 35.1 Å². The summed E-state index contributed by atoms with van der Waals surface area (Å²) in [6.45, 7) is 0. The Kier molecular flexibility index (Phi) is 3.87. The van der Waals surface area contributed by atoms with E-state index in [-0.39, 0.29) is 34.1 Å². The molecule has 0 saturated carbocycles. The van der Waals surface area contributed by atoms with Crippen molar-refractivity contribution in [1.82, 2.24) is 0 Å². The molecule has 6 heteroatoms. The van der Waals surface area contributed by atoms with Crippen molar-refractivity contribution in [2.45, 2.75) is 18.4 Å². The Hall–Kier alpha value is -3.67. The molecular formula is C23H18N2O4. The van der Waals surface area contributed by atoms with Crippen LogP contribution in [-0.4, -0.2) is 16.0 Å². The van der Waals surface area contributed by atoms with Crippen molar-refractivity contribution in [1.29, 1.82) is 0 Å². The number of rotatable bonds is 3. The van der Waals surface area contributed by atoms with Crippen LogP contribution >= 0.6 is 0 Å². The molecule has 0 saturated heterocycles. The molecule has 1 aliphatic heterocycles. The average Bonchev–Trinajstić information content (AvgIpc) is 3.12. The Morgan fingerprint density at radius 1 is 0.966 bits per heavy atom. The molecule has 1 aliphatic carbocycles. The average molecular weight is 386 g/mol. The first-order valence-electron chi connectivity index (χ1n) is 9.50. The van der Waals surface area contributed by atoms with Crippen molar-refractivity contribution in [3.05, 3.63) is 105 Å². The zero-order valence-electron chi connectivity index (χ0n) is 15.4. The van der Waals surface area contributed by atoms with Crippen molar-refractivity contribution in [3.8, 4) is 0 Å². The molecule has 0 aromatic heterocycles. The van der Waals surface area contributed by atoms with Gasteiger partial charge >= 0.3 is 5.97 Å². The predicted octanol–water partition coefficient (Wildman–Crippen LogP) is 4.76. The molecular weight excluding hydrogens is 368 g/mol. The van der Waals surface area contributed by atoms with Crippen LogP contribution in [-0.2, 0) is 6.42 Å². The maximum Gasteiger partial charge on any atom is 0.337 e. The lowest BCUT2D eigenvalue weighted by molar-refractivity contribution is -0.385. The van der Waals surface area contributed by atoms with Gasteiger partial charge in [-0.3, -0.25) is 10.1 Å². The number of carboxylic acids is 1. The van der Waals surface area contributed by atoms with E-state index in [4.69, 9.17) is 0 Å². The fourth-order valence-corrected chi connectivity index (χ4v) is 4.99. The quantitative estimate of drug-likeness (QED) is 0.500. The number of carboxylic acid groups (broad SMARTS) is 1. The van der Waals surface area contributed by atoms with Crippen molar-refractivity contribution >= 4 is 17.3 Å². The first kappa shape index (κ1) is 17.4. The van der Waals surface area contributed by atoms with Crippen molar-refractivity contribution < 1.29 is 14.8 Å². The van der Waals surface area contributed by atoms with Crippen LogP contribution < -0.4 is 5.32 Å². The summed E-state index contributed by atoms with van der Waals surface area (Å²) in [6, 6.07) is 19.8. The van der Waals surface area contributed by atoms with E-state index in [0.29, 0.717) is 11.3 Å². The van der Waals surface area contributed by atoms with Gasteiger partial charge in [0.15, 0.2) is 0 Å². The van der Waals surface area contributed by atoms with Gasteiger partial charge in [0, 0.05) is 12.0 Å². The van der Waals surface area contributed by atoms with Crippen molar-refractivity contribution in [2.24, 2.45) is 5.92 Å². The van der Waals surface area contributed by atoms with Gasteiger partial charge in [-0.1, -0.05) is 54.6 Å². The molecule has 2 aliphatic rings. The van der Waals surface area contributed by atoms with Crippen LogP contribution in [0.2, 0.25) is 0 Å². The summed E-state index contributed by atoms with van der Waals surface area (Å²) >= 11 is 0. The summed E-state index contributed by atoms with van der Waals surface area (Å²) in [4.78, 5) is 23.2. The maximum atomic E-state index is 11.9. The largest absolute Gasteiger partial charge is 0.478 e. The summed E-state index contributed by atoms with van der Waals surface area (Å²) in [5.41, 5.74) is 4.71. The van der Waals surface area contributed by atoms with Gasteiger partial charge in [0.05, 0.1) is 27.8 Å². The van der Waals surface area contributed by atoms with E-state index >= 15 is 0 Å². The zero-order chi connectivity index (χ0) is 20.1. The first-order valence-corrected chi connectivity index (χ1v) is 9.50. The van der Waals surface area contributed by atoms with Crippen LogP contribution in [0.3, 0.4) is 0 Å². The lowest BCUT2D eigenvalue weighted by Gasteiger charge is -2.38. The van der Waals surface area contributed by atoms with Gasteiger partial charge in [0.2, 0.25) is 0 Å². The molecule has 0 spiro atoms. The Morgan fingerprint density at radius 2 is 1.66 bits per heavy atom. The molecule has 2 N–H and O–H groups in total. The van der Waals surface area contributed by atoms with E-state index in [1.54, 1.807) is 30.3 Å². The number of fused-ring (bicyclic) bond motifs is 5. The third kappa shape index (κ3) is 2.60. The number of hydrogen-bond acceptors (Lipinski definition) is 4. The molecule has 0 unspecified atom stereocenters. The minimum Gasteiger partial charge on any atom is -0.478 e. The molecule has 0 amide bonds. The molecule has 0 bridgehead atoms. The highest BCUT2D eigenvalue weighted by molar-refractivity contribution is 5.96. The van der Waals surface area contributed by atoms with E-state index in [1.807, 2.05) is 18.2 Å². The highest BCUT2D eigenvalue weighted by atomic mass is 16.6. The molecule has 6 nitrogen and oxygen atoms in total. The Morgan fingerprint density at radius 3 is 2.41 bits per heavy atom. The number of nitrogens with zero attached hydrogens (tertiary/aromatic N) is 1. The summed E-state index contributed by atoms with van der Waals surface area (Å²) in [6.07, 6.45) is 0.779. The minimum atomic E-state index is -1.01. The minimum absolute atomic E-state index is 0.00781. The van der Waals surface area contributed by atoms with Gasteiger partial charge < -0.3 is 10.4 Å². The number of anilines is 1. The van der Waals surface area contributed by atoms with Crippen LogP contribution in [0.1, 0.15) is 44.6 Å². The standard InChI is InChI=1S/C23H18N2O4/c26-23(27)17-10-5-9-16-20-14-7-2-1-6-13(14)12-18(20)21(24-22(16)17)15-8-3-4-11-19(15)25(28)29/h1-11,18,20-21,24H,12H2,(H,26,27)/t18-,20-,21-/m1/s1. The Bertz CT molecular complexity index is 1160. The maximum absolute atomic E-state index is 11.9. The second kappa shape index (κ2) is 6.44. The molecule has 0 radical (unpaired) electrons. The smallest absolute Gasteiger partial charge is 0.337 e. The van der Waals surface area contributed by atoms with E-state index in [2.05, 4.69) is 17.4 Å². The molecule has 29 heavy (non-hydrogen) atoms. The van der Waals surface area contributed by atoms with E-state index in [9.17, 15) is 20.0 Å². The number of carbonyl (C=O) groups is 1. The van der Waals surface area contributed by atoms with Gasteiger partial charge in [0.25, 0.3) is 5.69 Å². The summed E-state index contributed by atoms with van der Waals surface area (Å²) in [5.74, 6) is -0.961. The number of nitro benzene ring substituents is 1. The van der Waals surface area contributed by atoms with Crippen LogP contribution in [0.4, 0.5) is 11.4 Å². The zero-order valence-corrected chi connectivity index (χ0v) is 15.4. The molecule has 0 fully saturated rings. The van der Waals surface area contributed by atoms with Crippen LogP contribution in [0.25, 0.3) is 0 Å². The van der Waals surface area contributed by atoms with E-state index < -0.39 is 5.97 Å². The fraction of sp³-hybridized carbons (Fsp3) is 0.174. The van der Waals surface area contributed by atoms with Crippen LogP contribution in [0.15, 0.2) is 66.7 Å². The number of hydrogen-bond donors (Lipinski definition) is 2. The SMILES string of the molecule is O=C(O)c1cccc2c1N[C@H](c1ccccc1[N+](=O)[O-])[C@@H]1Cc3ccccc3[C@H]21. The predicted molar refractivity (Wildman–Crippen MR) is 108 cm³/mol. The number of para-hydroxylation sites is 2. The van der Waals surface area contributed by atoms with Crippen LogP contribution in [0.5, 0.6) is 0 Å². The van der Waals surface area contributed by atoms with E-state index in [0.717, 1.165) is 12.0 Å². The lowest BCUT2D eigenvalue weighted by atomic mass is 9.74. The van der Waals surface area contributed by atoms with E-state index in [1.165, 1.54) is 17.2 Å². The first-order chi connectivity index (χ1) is 14.1. The second-order valence-corrected chi connectivity index (χ2v) is 7.56. The summed E-state index contributed by atoms with van der Waals surface area (Å²) in [5, 5.41) is 24.8. The fourth-order valence-electron chi connectivity index (χ4n) is 4.99. The molecule has 3 atom stereocenters. The molecule has 1 heterocycles. The van der Waals surface area contributed by atoms with Crippen LogP contribution in [0, 0.1) is 16.0 Å². The normalized spacial score (nSPS) is 21.4. The molecule has 3 aromatic carbocycles. The van der Waals surface area contributed by atoms with Gasteiger partial charge in [0.1, 0.15) is 0 Å². The topological polar surface area (TPSA) is 92.5 Å². The van der Waals surface area contributed by atoms with Gasteiger partial charge in [-0.25, -0.2) is 4.79 Å². The van der Waals surface area contributed by atoms with Gasteiger partial charge in [-0.2, -0.15) is 0 Å². The monoisotopic (exact) mass is 386 g/mol. The second-order valence-electron chi connectivity index (χ2n) is 7.56.